The highest BCUT2D eigenvalue weighted by Gasteiger charge is 2.12. The van der Waals surface area contributed by atoms with Gasteiger partial charge in [-0.05, 0) is 34.7 Å². The van der Waals surface area contributed by atoms with Crippen molar-refractivity contribution < 1.29 is 4.74 Å². The van der Waals surface area contributed by atoms with Gasteiger partial charge in [0.25, 0.3) is 0 Å². The quantitative estimate of drug-likeness (QED) is 0.532. The lowest BCUT2D eigenvalue weighted by molar-refractivity contribution is 0.414. The zero-order valence-corrected chi connectivity index (χ0v) is 14.6. The highest BCUT2D eigenvalue weighted by Crippen LogP contribution is 2.27. The number of hydrogen-bond acceptors (Lipinski definition) is 3. The highest BCUT2D eigenvalue weighted by molar-refractivity contribution is 7.17. The molecule has 124 valence electrons. The van der Waals surface area contributed by atoms with Gasteiger partial charge in [-0.1, -0.05) is 42.5 Å². The van der Waals surface area contributed by atoms with E-state index in [9.17, 15) is 4.79 Å². The van der Waals surface area contributed by atoms with E-state index in [1.165, 1.54) is 11.3 Å². The lowest BCUT2D eigenvalue weighted by atomic mass is 10.1. The molecule has 4 rings (SSSR count). The zero-order valence-electron chi connectivity index (χ0n) is 13.8. The van der Waals surface area contributed by atoms with Crippen LogP contribution in [0.15, 0.2) is 76.9 Å². The molecule has 0 N–H and O–H groups in total. The smallest absolute Gasteiger partial charge is 0.199 e. The third-order valence-corrected chi connectivity index (χ3v) is 5.18. The summed E-state index contributed by atoms with van der Waals surface area (Å²) in [4.78, 5) is 12.5. The van der Waals surface area contributed by atoms with Gasteiger partial charge < -0.3 is 9.30 Å². The first-order valence-electron chi connectivity index (χ1n) is 8.05. The molecule has 2 aromatic carbocycles. The number of ether oxygens (including phenoxy) is 1. The van der Waals surface area contributed by atoms with Gasteiger partial charge in [-0.15, -0.1) is 11.3 Å². The molecule has 0 spiro atoms. The third-order valence-electron chi connectivity index (χ3n) is 4.26. The Hall–Kier alpha value is -2.85. The first kappa shape index (κ1) is 15.7. The predicted molar refractivity (Wildman–Crippen MR) is 104 cm³/mol. The van der Waals surface area contributed by atoms with Crippen LogP contribution < -0.4 is 10.2 Å². The number of hydrogen-bond donors (Lipinski definition) is 0. The fourth-order valence-electron chi connectivity index (χ4n) is 3.07. The maximum absolute atomic E-state index is 12.5. The van der Waals surface area contributed by atoms with E-state index < -0.39 is 0 Å². The monoisotopic (exact) mass is 347 g/mol. The summed E-state index contributed by atoms with van der Waals surface area (Å²) in [6.45, 7) is 0.676. The molecule has 0 saturated carbocycles. The zero-order chi connectivity index (χ0) is 17.2. The Labute approximate surface area is 149 Å². The van der Waals surface area contributed by atoms with Gasteiger partial charge in [-0.25, -0.2) is 0 Å². The normalized spacial score (nSPS) is 10.9. The van der Waals surface area contributed by atoms with Gasteiger partial charge in [0.2, 0.25) is 0 Å². The summed E-state index contributed by atoms with van der Waals surface area (Å²) in [6, 6.07) is 21.8. The molecular formula is C21H17NO2S. The van der Waals surface area contributed by atoms with Crippen LogP contribution in [0.3, 0.4) is 0 Å². The Bertz CT molecular complexity index is 1080. The minimum Gasteiger partial charge on any atom is -0.497 e. The van der Waals surface area contributed by atoms with Crippen LogP contribution in [0.1, 0.15) is 5.56 Å². The third kappa shape index (κ3) is 2.96. The largest absolute Gasteiger partial charge is 0.497 e. The van der Waals surface area contributed by atoms with Crippen LogP contribution >= 0.6 is 11.3 Å². The predicted octanol–water partition coefficient (Wildman–Crippen LogP) is 4.79. The summed E-state index contributed by atoms with van der Waals surface area (Å²) in [5, 5.41) is 1.98. The Morgan fingerprint density at radius 2 is 1.84 bits per heavy atom. The SMILES string of the molecule is COc1cccc(Cn2c(-c3ccccc3)cc(=O)c3sccc32)c1. The van der Waals surface area contributed by atoms with E-state index in [4.69, 9.17) is 4.74 Å². The Morgan fingerprint density at radius 3 is 2.64 bits per heavy atom. The topological polar surface area (TPSA) is 31.2 Å². The van der Waals surface area contributed by atoms with Crippen LogP contribution in [-0.4, -0.2) is 11.7 Å². The van der Waals surface area contributed by atoms with Crippen molar-refractivity contribution in [3.8, 4) is 17.0 Å². The maximum atomic E-state index is 12.5. The average molecular weight is 347 g/mol. The molecule has 0 bridgehead atoms. The van der Waals surface area contributed by atoms with Crippen molar-refractivity contribution in [1.82, 2.24) is 4.57 Å². The van der Waals surface area contributed by atoms with E-state index in [-0.39, 0.29) is 5.43 Å². The first-order chi connectivity index (χ1) is 12.3. The second-order valence-corrected chi connectivity index (χ2v) is 6.75. The van der Waals surface area contributed by atoms with Gasteiger partial charge in [0.05, 0.1) is 23.0 Å². The van der Waals surface area contributed by atoms with E-state index in [1.54, 1.807) is 13.2 Å². The standard InChI is InChI=1S/C21H17NO2S/c1-24-17-9-5-6-15(12-17)14-22-18-10-11-25-21(18)20(23)13-19(22)16-7-3-2-4-8-16/h2-13H,14H2,1H3. The summed E-state index contributed by atoms with van der Waals surface area (Å²) in [7, 11) is 1.67. The molecule has 25 heavy (non-hydrogen) atoms. The van der Waals surface area contributed by atoms with Gasteiger partial charge in [0.15, 0.2) is 5.43 Å². The van der Waals surface area contributed by atoms with E-state index in [1.807, 2.05) is 60.0 Å². The van der Waals surface area contributed by atoms with E-state index in [2.05, 4.69) is 10.6 Å². The number of thiophene rings is 1. The number of benzene rings is 2. The molecule has 0 aliphatic carbocycles. The fraction of sp³-hybridized carbons (Fsp3) is 0.0952. The molecule has 0 atom stereocenters. The molecule has 0 aliphatic rings. The van der Waals surface area contributed by atoms with Crippen molar-refractivity contribution in [2.75, 3.05) is 7.11 Å². The molecule has 0 unspecified atom stereocenters. The lowest BCUT2D eigenvalue weighted by Gasteiger charge is -2.16. The second kappa shape index (κ2) is 6.57. The molecule has 0 aliphatic heterocycles. The van der Waals surface area contributed by atoms with Crippen LogP contribution in [0.2, 0.25) is 0 Å². The molecule has 2 heterocycles. The van der Waals surface area contributed by atoms with Gasteiger partial charge in [0, 0.05) is 12.6 Å². The molecule has 0 saturated heterocycles. The average Bonchev–Trinajstić information content (AvgIpc) is 3.15. The summed E-state index contributed by atoms with van der Waals surface area (Å²) in [5.74, 6) is 0.835. The molecule has 4 aromatic rings. The van der Waals surface area contributed by atoms with Crippen LogP contribution in [0, 0.1) is 0 Å². The number of rotatable bonds is 4. The number of nitrogens with zero attached hydrogens (tertiary/aromatic N) is 1. The van der Waals surface area contributed by atoms with Crippen LogP contribution in [-0.2, 0) is 6.54 Å². The fourth-order valence-corrected chi connectivity index (χ4v) is 3.88. The van der Waals surface area contributed by atoms with Crippen LogP contribution in [0.5, 0.6) is 5.75 Å². The Morgan fingerprint density at radius 1 is 1.00 bits per heavy atom. The number of aromatic nitrogens is 1. The first-order valence-corrected chi connectivity index (χ1v) is 8.93. The second-order valence-electron chi connectivity index (χ2n) is 5.83. The van der Waals surface area contributed by atoms with Crippen molar-refractivity contribution in [2.24, 2.45) is 0 Å². The van der Waals surface area contributed by atoms with E-state index >= 15 is 0 Å². The molecule has 0 amide bonds. The van der Waals surface area contributed by atoms with E-state index in [0.717, 1.165) is 32.8 Å². The number of fused-ring (bicyclic) bond motifs is 1. The molecule has 3 nitrogen and oxygen atoms in total. The van der Waals surface area contributed by atoms with Crippen molar-refractivity contribution >= 4 is 21.6 Å². The number of methoxy groups -OCH3 is 1. The lowest BCUT2D eigenvalue weighted by Crippen LogP contribution is -2.11. The summed E-state index contributed by atoms with van der Waals surface area (Å²) in [6.07, 6.45) is 0. The van der Waals surface area contributed by atoms with E-state index in [0.29, 0.717) is 6.54 Å². The van der Waals surface area contributed by atoms with Gasteiger partial charge in [-0.3, -0.25) is 4.79 Å². The van der Waals surface area contributed by atoms with Gasteiger partial charge in [-0.2, -0.15) is 0 Å². The number of pyridine rings is 1. The molecule has 0 fully saturated rings. The summed E-state index contributed by atoms with van der Waals surface area (Å²) in [5.41, 5.74) is 4.15. The van der Waals surface area contributed by atoms with Crippen molar-refractivity contribution in [2.45, 2.75) is 6.54 Å². The highest BCUT2D eigenvalue weighted by atomic mass is 32.1. The maximum Gasteiger partial charge on any atom is 0.199 e. The Kier molecular flexibility index (Phi) is 4.12. The van der Waals surface area contributed by atoms with Crippen molar-refractivity contribution in [3.63, 3.8) is 0 Å². The van der Waals surface area contributed by atoms with Crippen LogP contribution in [0.25, 0.3) is 21.5 Å². The van der Waals surface area contributed by atoms with Crippen molar-refractivity contribution in [3.05, 3.63) is 87.9 Å². The molecule has 0 radical (unpaired) electrons. The minimum atomic E-state index is 0.0748. The minimum absolute atomic E-state index is 0.0748. The van der Waals surface area contributed by atoms with Gasteiger partial charge in [0.1, 0.15) is 5.75 Å². The Balaban J connectivity index is 1.93. The summed E-state index contributed by atoms with van der Waals surface area (Å²) >= 11 is 1.49. The summed E-state index contributed by atoms with van der Waals surface area (Å²) < 4.78 is 8.34. The van der Waals surface area contributed by atoms with Gasteiger partial charge >= 0.3 is 0 Å². The molecular weight excluding hydrogens is 330 g/mol. The van der Waals surface area contributed by atoms with Crippen molar-refractivity contribution in [1.29, 1.82) is 0 Å². The molecule has 4 heteroatoms. The van der Waals surface area contributed by atoms with Crippen LogP contribution in [0.4, 0.5) is 0 Å². The molecule has 2 aromatic heterocycles.